The number of carbonyl (C=O) groups excluding carboxylic acids is 1. The van der Waals surface area contributed by atoms with Gasteiger partial charge in [-0.25, -0.2) is 4.57 Å². The Kier molecular flexibility index (Phi) is 14.2. The third-order valence-corrected chi connectivity index (χ3v) is 6.14. The van der Waals surface area contributed by atoms with E-state index in [2.05, 4.69) is 71.7 Å². The van der Waals surface area contributed by atoms with Crippen LogP contribution in [0.5, 0.6) is 0 Å². The maximum Gasteiger partial charge on any atom is 0.220 e. The highest BCUT2D eigenvalue weighted by Gasteiger charge is 2.07. The molecule has 0 aliphatic rings. The summed E-state index contributed by atoms with van der Waals surface area (Å²) in [6.45, 7) is 3.24. The minimum atomic E-state index is 0.202. The number of benzene rings is 1. The molecule has 1 aromatic carbocycles. The Hall–Kier alpha value is -2.16. The van der Waals surface area contributed by atoms with Gasteiger partial charge in [-0.1, -0.05) is 94.2 Å². The number of rotatable bonds is 18. The lowest BCUT2D eigenvalue weighted by Crippen LogP contribution is -2.33. The number of aromatic nitrogens is 1. The standard InChI is InChI=1S/C29H44N2O/c1-27(26-28-20-14-12-15-21-28)30-29(32)22-16-10-8-6-4-2-3-5-7-9-11-17-23-31-24-18-13-19-25-31/h12-15,18-21,24-25,27H,2-11,16-17,22-23,26H2,1H3/p+1. The van der Waals surface area contributed by atoms with Gasteiger partial charge in [-0.2, -0.15) is 0 Å². The molecule has 176 valence electrons. The molecule has 0 fully saturated rings. The fraction of sp³-hybridized carbons (Fsp3) is 0.586. The molecule has 2 aromatic rings. The molecule has 1 unspecified atom stereocenters. The van der Waals surface area contributed by atoms with E-state index in [1.54, 1.807) is 0 Å². The molecular formula is C29H45N2O+. The second kappa shape index (κ2) is 17.4. The van der Waals surface area contributed by atoms with Gasteiger partial charge in [0, 0.05) is 31.0 Å². The smallest absolute Gasteiger partial charge is 0.220 e. The molecule has 0 bridgehead atoms. The van der Waals surface area contributed by atoms with Crippen LogP contribution in [0.3, 0.4) is 0 Å². The molecule has 0 aliphatic heterocycles. The van der Waals surface area contributed by atoms with Crippen molar-refractivity contribution in [2.45, 2.75) is 109 Å². The highest BCUT2D eigenvalue weighted by molar-refractivity contribution is 5.76. The number of aryl methyl sites for hydroxylation is 1. The van der Waals surface area contributed by atoms with E-state index in [0.717, 1.165) is 19.4 Å². The molecule has 2 rings (SSSR count). The number of pyridine rings is 1. The van der Waals surface area contributed by atoms with Gasteiger partial charge in [-0.15, -0.1) is 0 Å². The monoisotopic (exact) mass is 437 g/mol. The maximum atomic E-state index is 12.1. The van der Waals surface area contributed by atoms with Gasteiger partial charge in [0.2, 0.25) is 5.91 Å². The Bertz CT molecular complexity index is 702. The lowest BCUT2D eigenvalue weighted by atomic mass is 10.0. The number of nitrogens with one attached hydrogen (secondary N) is 1. The fourth-order valence-corrected chi connectivity index (χ4v) is 4.30. The molecule has 3 nitrogen and oxygen atoms in total. The van der Waals surface area contributed by atoms with Crippen LogP contribution < -0.4 is 9.88 Å². The van der Waals surface area contributed by atoms with Crippen molar-refractivity contribution in [1.29, 1.82) is 0 Å². The average Bonchev–Trinajstić information content (AvgIpc) is 2.80. The van der Waals surface area contributed by atoms with E-state index in [4.69, 9.17) is 0 Å². The van der Waals surface area contributed by atoms with Gasteiger partial charge in [-0.05, 0) is 31.7 Å². The summed E-state index contributed by atoms with van der Waals surface area (Å²) in [6, 6.07) is 16.9. The third-order valence-electron chi connectivity index (χ3n) is 6.14. The summed E-state index contributed by atoms with van der Waals surface area (Å²) in [5, 5.41) is 3.14. The summed E-state index contributed by atoms with van der Waals surface area (Å²) >= 11 is 0. The lowest BCUT2D eigenvalue weighted by molar-refractivity contribution is -0.697. The molecule has 1 aromatic heterocycles. The SMILES string of the molecule is CC(Cc1ccccc1)NC(=O)CCCCCCCCCCCCCC[n+]1ccccc1. The van der Waals surface area contributed by atoms with Crippen molar-refractivity contribution in [3.8, 4) is 0 Å². The van der Waals surface area contributed by atoms with Gasteiger partial charge in [0.05, 0.1) is 0 Å². The van der Waals surface area contributed by atoms with Crippen molar-refractivity contribution in [2.75, 3.05) is 0 Å². The van der Waals surface area contributed by atoms with Gasteiger partial charge in [0.25, 0.3) is 0 Å². The van der Waals surface area contributed by atoms with Crippen molar-refractivity contribution in [1.82, 2.24) is 5.32 Å². The summed E-state index contributed by atoms with van der Waals surface area (Å²) in [5.74, 6) is 0.204. The second-order valence-corrected chi connectivity index (χ2v) is 9.26. The minimum Gasteiger partial charge on any atom is -0.353 e. The number of unbranched alkanes of at least 4 members (excludes halogenated alkanes) is 11. The summed E-state index contributed by atoms with van der Waals surface area (Å²) in [4.78, 5) is 12.1. The van der Waals surface area contributed by atoms with Crippen LogP contribution in [-0.4, -0.2) is 11.9 Å². The summed E-state index contributed by atoms with van der Waals surface area (Å²) < 4.78 is 2.28. The lowest BCUT2D eigenvalue weighted by Gasteiger charge is -2.14. The number of amides is 1. The molecule has 0 radical (unpaired) electrons. The zero-order valence-electron chi connectivity index (χ0n) is 20.3. The van der Waals surface area contributed by atoms with Crippen LogP contribution in [0.2, 0.25) is 0 Å². The third kappa shape index (κ3) is 13.3. The Morgan fingerprint density at radius 1 is 0.719 bits per heavy atom. The van der Waals surface area contributed by atoms with Crippen molar-refractivity contribution < 1.29 is 9.36 Å². The second-order valence-electron chi connectivity index (χ2n) is 9.26. The van der Waals surface area contributed by atoms with E-state index in [1.165, 1.54) is 76.2 Å². The van der Waals surface area contributed by atoms with Gasteiger partial charge in [-0.3, -0.25) is 4.79 Å². The normalized spacial score (nSPS) is 11.9. The first kappa shape index (κ1) is 26.1. The van der Waals surface area contributed by atoms with E-state index in [1.807, 2.05) is 6.07 Å². The first-order chi connectivity index (χ1) is 15.7. The van der Waals surface area contributed by atoms with Gasteiger partial charge >= 0.3 is 0 Å². The van der Waals surface area contributed by atoms with Gasteiger partial charge < -0.3 is 5.32 Å². The topological polar surface area (TPSA) is 33.0 Å². The maximum absolute atomic E-state index is 12.1. The molecule has 1 heterocycles. The largest absolute Gasteiger partial charge is 0.353 e. The van der Waals surface area contributed by atoms with Crippen LogP contribution in [0, 0.1) is 0 Å². The number of hydrogen-bond acceptors (Lipinski definition) is 1. The highest BCUT2D eigenvalue weighted by Crippen LogP contribution is 2.12. The van der Waals surface area contributed by atoms with Crippen molar-refractivity contribution in [3.05, 3.63) is 66.5 Å². The Labute approximate surface area is 196 Å². The molecule has 32 heavy (non-hydrogen) atoms. The van der Waals surface area contributed by atoms with E-state index in [9.17, 15) is 4.79 Å². The zero-order chi connectivity index (χ0) is 22.7. The van der Waals surface area contributed by atoms with E-state index in [-0.39, 0.29) is 11.9 Å². The predicted octanol–water partition coefficient (Wildman–Crippen LogP) is 6.79. The summed E-state index contributed by atoms with van der Waals surface area (Å²) in [5.41, 5.74) is 1.28. The summed E-state index contributed by atoms with van der Waals surface area (Å²) in [7, 11) is 0. The molecule has 0 saturated heterocycles. The predicted molar refractivity (Wildman–Crippen MR) is 134 cm³/mol. The van der Waals surface area contributed by atoms with Crippen LogP contribution in [-0.2, 0) is 17.8 Å². The molecule has 0 saturated carbocycles. The van der Waals surface area contributed by atoms with Crippen LogP contribution in [0.15, 0.2) is 60.9 Å². The highest BCUT2D eigenvalue weighted by atomic mass is 16.1. The van der Waals surface area contributed by atoms with E-state index < -0.39 is 0 Å². The first-order valence-electron chi connectivity index (χ1n) is 13.0. The quantitative estimate of drug-likeness (QED) is 0.202. The molecule has 1 atom stereocenters. The van der Waals surface area contributed by atoms with E-state index >= 15 is 0 Å². The molecule has 0 aliphatic carbocycles. The van der Waals surface area contributed by atoms with Crippen LogP contribution in [0.1, 0.15) is 96.0 Å². The number of nitrogens with zero attached hydrogens (tertiary/aromatic N) is 1. The fourth-order valence-electron chi connectivity index (χ4n) is 4.30. The van der Waals surface area contributed by atoms with Crippen molar-refractivity contribution in [2.24, 2.45) is 0 Å². The zero-order valence-corrected chi connectivity index (χ0v) is 20.3. The minimum absolute atomic E-state index is 0.202. The van der Waals surface area contributed by atoms with Crippen LogP contribution in [0.4, 0.5) is 0 Å². The number of hydrogen-bond donors (Lipinski definition) is 1. The van der Waals surface area contributed by atoms with Crippen LogP contribution >= 0.6 is 0 Å². The van der Waals surface area contributed by atoms with Crippen molar-refractivity contribution >= 4 is 5.91 Å². The summed E-state index contributed by atoms with van der Waals surface area (Å²) in [6.07, 6.45) is 21.6. The van der Waals surface area contributed by atoms with Crippen molar-refractivity contribution in [3.63, 3.8) is 0 Å². The Morgan fingerprint density at radius 3 is 1.81 bits per heavy atom. The molecule has 3 heteroatoms. The molecular weight excluding hydrogens is 392 g/mol. The van der Waals surface area contributed by atoms with Gasteiger partial charge in [0.1, 0.15) is 6.54 Å². The molecule has 0 spiro atoms. The average molecular weight is 438 g/mol. The Balaban J connectivity index is 1.31. The van der Waals surface area contributed by atoms with E-state index in [0.29, 0.717) is 6.42 Å². The van der Waals surface area contributed by atoms with Gasteiger partial charge in [0.15, 0.2) is 12.4 Å². The molecule has 1 N–H and O–H groups in total. The van der Waals surface area contributed by atoms with Crippen LogP contribution in [0.25, 0.3) is 0 Å². The molecule has 1 amide bonds. The first-order valence-corrected chi connectivity index (χ1v) is 13.0. The Morgan fingerprint density at radius 2 is 1.22 bits per heavy atom. The number of carbonyl (C=O) groups is 1.